The quantitative estimate of drug-likeness (QED) is 0.287. The molecule has 0 spiro atoms. The standard InChI is InChI=1S/C23H24F3N3O3S/c1-3-13-32-20-7-5-4-6-17(20)15-27-29-22(31)19(12-14-33-2)28-21(30)16-8-10-18(11-9-16)23(24,25)26/h3-11,15,19H,1,12-14H2,2H3,(H,28,30)(H,29,31)/b27-15+. The van der Waals surface area contributed by atoms with E-state index in [1.807, 2.05) is 6.26 Å². The lowest BCUT2D eigenvalue weighted by molar-refractivity contribution is -0.137. The molecule has 33 heavy (non-hydrogen) atoms. The van der Waals surface area contributed by atoms with Crippen molar-refractivity contribution in [3.05, 3.63) is 77.9 Å². The monoisotopic (exact) mass is 479 g/mol. The van der Waals surface area contributed by atoms with Crippen molar-refractivity contribution < 1.29 is 27.5 Å². The fourth-order valence-electron chi connectivity index (χ4n) is 2.67. The summed E-state index contributed by atoms with van der Waals surface area (Å²) in [4.78, 5) is 25.1. The Morgan fingerprint density at radius 3 is 2.52 bits per heavy atom. The summed E-state index contributed by atoms with van der Waals surface area (Å²) in [6.45, 7) is 3.90. The Kier molecular flexibility index (Phi) is 9.99. The third-order valence-electron chi connectivity index (χ3n) is 4.36. The van der Waals surface area contributed by atoms with Gasteiger partial charge in [0.05, 0.1) is 11.8 Å². The topological polar surface area (TPSA) is 79.8 Å². The first kappa shape index (κ1) is 26.0. The van der Waals surface area contributed by atoms with Gasteiger partial charge in [-0.2, -0.15) is 30.0 Å². The van der Waals surface area contributed by atoms with E-state index in [1.165, 1.54) is 18.0 Å². The Labute approximate surface area is 194 Å². The van der Waals surface area contributed by atoms with E-state index in [1.54, 1.807) is 30.3 Å². The Morgan fingerprint density at radius 2 is 1.88 bits per heavy atom. The number of hydrogen-bond donors (Lipinski definition) is 2. The van der Waals surface area contributed by atoms with Crippen LogP contribution in [-0.4, -0.2) is 42.7 Å². The lowest BCUT2D eigenvalue weighted by atomic mass is 10.1. The van der Waals surface area contributed by atoms with Crippen molar-refractivity contribution in [1.29, 1.82) is 0 Å². The van der Waals surface area contributed by atoms with E-state index in [9.17, 15) is 22.8 Å². The van der Waals surface area contributed by atoms with Gasteiger partial charge in [0.2, 0.25) is 0 Å². The molecule has 6 nitrogen and oxygen atoms in total. The zero-order valence-electron chi connectivity index (χ0n) is 17.9. The van der Waals surface area contributed by atoms with Crippen LogP contribution in [0.4, 0.5) is 13.2 Å². The number of nitrogens with zero attached hydrogens (tertiary/aromatic N) is 1. The molecule has 0 aliphatic heterocycles. The normalized spacial score (nSPS) is 12.2. The molecule has 2 rings (SSSR count). The summed E-state index contributed by atoms with van der Waals surface area (Å²) >= 11 is 1.49. The molecule has 10 heteroatoms. The predicted molar refractivity (Wildman–Crippen MR) is 124 cm³/mol. The van der Waals surface area contributed by atoms with Crippen LogP contribution in [0, 0.1) is 0 Å². The van der Waals surface area contributed by atoms with Crippen molar-refractivity contribution >= 4 is 29.8 Å². The maximum absolute atomic E-state index is 12.7. The maximum atomic E-state index is 12.7. The predicted octanol–water partition coefficient (Wildman–Crippen LogP) is 4.27. The van der Waals surface area contributed by atoms with Crippen molar-refractivity contribution in [2.24, 2.45) is 5.10 Å². The van der Waals surface area contributed by atoms with Gasteiger partial charge in [-0.1, -0.05) is 24.8 Å². The largest absolute Gasteiger partial charge is 0.489 e. The number of alkyl halides is 3. The Bertz CT molecular complexity index is 979. The van der Waals surface area contributed by atoms with E-state index in [0.717, 1.165) is 24.3 Å². The molecule has 0 saturated heterocycles. The summed E-state index contributed by atoms with van der Waals surface area (Å²) in [6, 6.07) is 9.95. The molecular weight excluding hydrogens is 455 g/mol. The number of carbonyl (C=O) groups excluding carboxylic acids is 2. The van der Waals surface area contributed by atoms with E-state index >= 15 is 0 Å². The van der Waals surface area contributed by atoms with Gasteiger partial charge < -0.3 is 10.1 Å². The van der Waals surface area contributed by atoms with Crippen molar-refractivity contribution in [2.75, 3.05) is 18.6 Å². The molecule has 0 heterocycles. The average molecular weight is 480 g/mol. The smallest absolute Gasteiger partial charge is 0.416 e. The van der Waals surface area contributed by atoms with Gasteiger partial charge in [0.1, 0.15) is 18.4 Å². The van der Waals surface area contributed by atoms with Crippen LogP contribution >= 0.6 is 11.8 Å². The van der Waals surface area contributed by atoms with Gasteiger partial charge in [0.15, 0.2) is 0 Å². The highest BCUT2D eigenvalue weighted by Gasteiger charge is 2.30. The number of halogens is 3. The molecule has 0 aliphatic carbocycles. The van der Waals surface area contributed by atoms with E-state index in [4.69, 9.17) is 4.74 Å². The molecule has 0 saturated carbocycles. The number of rotatable bonds is 11. The molecule has 0 bridgehead atoms. The van der Waals surface area contributed by atoms with Gasteiger partial charge in [-0.15, -0.1) is 0 Å². The lowest BCUT2D eigenvalue weighted by Crippen LogP contribution is -2.45. The lowest BCUT2D eigenvalue weighted by Gasteiger charge is -2.17. The van der Waals surface area contributed by atoms with Crippen LogP contribution in [0.3, 0.4) is 0 Å². The van der Waals surface area contributed by atoms with Gasteiger partial charge >= 0.3 is 6.18 Å². The zero-order valence-corrected chi connectivity index (χ0v) is 18.7. The van der Waals surface area contributed by atoms with Gasteiger partial charge in [0, 0.05) is 11.1 Å². The van der Waals surface area contributed by atoms with Gasteiger partial charge in [-0.05, 0) is 54.8 Å². The molecule has 2 N–H and O–H groups in total. The molecule has 1 unspecified atom stereocenters. The van der Waals surface area contributed by atoms with E-state index in [-0.39, 0.29) is 5.56 Å². The van der Waals surface area contributed by atoms with E-state index in [0.29, 0.717) is 30.1 Å². The Morgan fingerprint density at radius 1 is 1.18 bits per heavy atom. The molecule has 0 aromatic heterocycles. The molecule has 176 valence electrons. The molecule has 2 aromatic rings. The highest BCUT2D eigenvalue weighted by atomic mass is 32.2. The number of thioether (sulfide) groups is 1. The zero-order chi connectivity index (χ0) is 24.3. The fraction of sp³-hybridized carbons (Fsp3) is 0.261. The molecular formula is C23H24F3N3O3S. The summed E-state index contributed by atoms with van der Waals surface area (Å²) in [5.41, 5.74) is 2.18. The number of para-hydroxylation sites is 1. The van der Waals surface area contributed by atoms with Crippen LogP contribution < -0.4 is 15.5 Å². The number of carbonyl (C=O) groups is 2. The first-order valence-electron chi connectivity index (χ1n) is 9.89. The molecule has 0 fully saturated rings. The molecule has 2 amide bonds. The second-order valence-corrected chi connectivity index (χ2v) is 7.74. The van der Waals surface area contributed by atoms with Crippen LogP contribution in [0.5, 0.6) is 5.75 Å². The molecule has 0 radical (unpaired) electrons. The van der Waals surface area contributed by atoms with Gasteiger partial charge in [-0.3, -0.25) is 9.59 Å². The van der Waals surface area contributed by atoms with Crippen LogP contribution in [-0.2, 0) is 11.0 Å². The van der Waals surface area contributed by atoms with Crippen LogP contribution in [0.15, 0.2) is 66.3 Å². The summed E-state index contributed by atoms with van der Waals surface area (Å²) in [6.07, 6.45) is 0.688. The third kappa shape index (κ3) is 8.30. The first-order chi connectivity index (χ1) is 15.8. The van der Waals surface area contributed by atoms with Crippen molar-refractivity contribution in [3.63, 3.8) is 0 Å². The number of ether oxygens (including phenoxy) is 1. The second kappa shape index (κ2) is 12.7. The summed E-state index contributed by atoms with van der Waals surface area (Å²) < 4.78 is 43.7. The van der Waals surface area contributed by atoms with Crippen LogP contribution in [0.25, 0.3) is 0 Å². The molecule has 1 atom stereocenters. The highest BCUT2D eigenvalue weighted by molar-refractivity contribution is 7.98. The maximum Gasteiger partial charge on any atom is 0.416 e. The highest BCUT2D eigenvalue weighted by Crippen LogP contribution is 2.29. The Hall–Kier alpha value is -3.27. The number of hydrogen-bond acceptors (Lipinski definition) is 5. The Balaban J connectivity index is 2.05. The van der Waals surface area contributed by atoms with Crippen molar-refractivity contribution in [1.82, 2.24) is 10.7 Å². The summed E-state index contributed by atoms with van der Waals surface area (Å²) in [5.74, 6) is -0.0695. The number of hydrazone groups is 1. The average Bonchev–Trinajstić information content (AvgIpc) is 2.80. The van der Waals surface area contributed by atoms with Gasteiger partial charge in [0.25, 0.3) is 11.8 Å². The first-order valence-corrected chi connectivity index (χ1v) is 11.3. The number of benzene rings is 2. The number of amides is 2. The third-order valence-corrected chi connectivity index (χ3v) is 5.00. The minimum atomic E-state index is -4.50. The molecule has 2 aromatic carbocycles. The minimum Gasteiger partial charge on any atom is -0.489 e. The minimum absolute atomic E-state index is 0.0155. The second-order valence-electron chi connectivity index (χ2n) is 6.75. The number of nitrogens with one attached hydrogen (secondary N) is 2. The molecule has 0 aliphatic rings. The van der Waals surface area contributed by atoms with Crippen molar-refractivity contribution in [2.45, 2.75) is 18.6 Å². The van der Waals surface area contributed by atoms with Crippen LogP contribution in [0.1, 0.15) is 27.9 Å². The van der Waals surface area contributed by atoms with Gasteiger partial charge in [-0.25, -0.2) is 5.43 Å². The summed E-state index contributed by atoms with van der Waals surface area (Å²) in [5, 5.41) is 6.50. The van der Waals surface area contributed by atoms with Crippen LogP contribution in [0.2, 0.25) is 0 Å². The fourth-order valence-corrected chi connectivity index (χ4v) is 3.14. The SMILES string of the molecule is C=CCOc1ccccc1/C=N/NC(=O)C(CCSC)NC(=O)c1ccc(C(F)(F)F)cc1. The van der Waals surface area contributed by atoms with E-state index in [2.05, 4.69) is 22.4 Å². The summed E-state index contributed by atoms with van der Waals surface area (Å²) in [7, 11) is 0. The van der Waals surface area contributed by atoms with Crippen molar-refractivity contribution in [3.8, 4) is 5.75 Å². The van der Waals surface area contributed by atoms with E-state index < -0.39 is 29.6 Å².